The highest BCUT2D eigenvalue weighted by Crippen LogP contribution is 2.38. The molecule has 25 heavy (non-hydrogen) atoms. The van der Waals surface area contributed by atoms with E-state index >= 15 is 0 Å². The number of nitrogens with zero attached hydrogens (tertiary/aromatic N) is 1. The molecule has 1 amide bonds. The molecule has 1 aromatic heterocycles. The predicted molar refractivity (Wildman–Crippen MR) is 88.0 cm³/mol. The number of carbonyl (C=O) groups is 1. The fraction of sp³-hybridized carbons (Fsp3) is 0.368. The van der Waals surface area contributed by atoms with Crippen LogP contribution in [0.3, 0.4) is 0 Å². The number of alkyl halides is 3. The highest BCUT2D eigenvalue weighted by atomic mass is 19.4. The van der Waals surface area contributed by atoms with Crippen molar-refractivity contribution in [3.8, 4) is 0 Å². The van der Waals surface area contributed by atoms with Gasteiger partial charge in [0, 0.05) is 18.4 Å². The third kappa shape index (κ3) is 4.00. The Morgan fingerprint density at radius 1 is 1.20 bits per heavy atom. The lowest BCUT2D eigenvalue weighted by molar-refractivity contribution is -0.137. The van der Waals surface area contributed by atoms with E-state index in [1.807, 2.05) is 13.0 Å². The third-order valence-electron chi connectivity index (χ3n) is 4.77. The zero-order valence-electron chi connectivity index (χ0n) is 13.8. The summed E-state index contributed by atoms with van der Waals surface area (Å²) in [6, 6.07) is 9.02. The molecular weight excluding hydrogens is 329 g/mol. The molecule has 2 aromatic rings. The lowest BCUT2D eigenvalue weighted by atomic mass is 9.75. The summed E-state index contributed by atoms with van der Waals surface area (Å²) in [5, 5.41) is 3.00. The van der Waals surface area contributed by atoms with E-state index in [1.165, 1.54) is 12.1 Å². The first-order valence-electron chi connectivity index (χ1n) is 8.22. The summed E-state index contributed by atoms with van der Waals surface area (Å²) in [6.45, 7) is 1.83. The number of pyridine rings is 1. The number of halogens is 3. The highest BCUT2D eigenvalue weighted by Gasteiger charge is 2.34. The second-order valence-corrected chi connectivity index (χ2v) is 6.50. The summed E-state index contributed by atoms with van der Waals surface area (Å²) in [5.41, 5.74) is 1.11. The van der Waals surface area contributed by atoms with Crippen LogP contribution in [0.1, 0.15) is 48.3 Å². The van der Waals surface area contributed by atoms with Gasteiger partial charge in [0.2, 0.25) is 5.91 Å². The number of carbonyl (C=O) groups excluding carboxylic acids is 1. The number of rotatable bonds is 4. The second-order valence-electron chi connectivity index (χ2n) is 6.50. The summed E-state index contributed by atoms with van der Waals surface area (Å²) < 4.78 is 37.8. The molecule has 0 unspecified atom stereocenters. The van der Waals surface area contributed by atoms with Crippen LogP contribution in [0.15, 0.2) is 48.8 Å². The van der Waals surface area contributed by atoms with Gasteiger partial charge in [0.25, 0.3) is 0 Å². The second kappa shape index (κ2) is 6.86. The number of amides is 1. The number of hydrogen-bond donors (Lipinski definition) is 1. The molecule has 1 heterocycles. The number of hydrogen-bond acceptors (Lipinski definition) is 2. The van der Waals surface area contributed by atoms with Gasteiger partial charge in [-0.25, -0.2) is 0 Å². The summed E-state index contributed by atoms with van der Waals surface area (Å²) >= 11 is 0. The molecule has 1 atom stereocenters. The predicted octanol–water partition coefficient (Wildman–Crippen LogP) is 4.27. The van der Waals surface area contributed by atoms with E-state index in [0.29, 0.717) is 0 Å². The van der Waals surface area contributed by atoms with Crippen molar-refractivity contribution in [2.75, 3.05) is 0 Å². The Balaban J connectivity index is 1.52. The van der Waals surface area contributed by atoms with E-state index < -0.39 is 11.7 Å². The lowest BCUT2D eigenvalue weighted by Crippen LogP contribution is -2.44. The van der Waals surface area contributed by atoms with Crippen molar-refractivity contribution < 1.29 is 18.0 Å². The first-order valence-corrected chi connectivity index (χ1v) is 8.22. The largest absolute Gasteiger partial charge is 0.416 e. The smallest absolute Gasteiger partial charge is 0.353 e. The Kier molecular flexibility index (Phi) is 4.79. The lowest BCUT2D eigenvalue weighted by Gasteiger charge is -2.37. The van der Waals surface area contributed by atoms with E-state index in [2.05, 4.69) is 10.3 Å². The minimum Gasteiger partial charge on any atom is -0.353 e. The summed E-state index contributed by atoms with van der Waals surface area (Å²) in [5.74, 6) is -0.135. The maximum absolute atomic E-state index is 12.6. The minimum absolute atomic E-state index is 0.0520. The summed E-state index contributed by atoms with van der Waals surface area (Å²) in [6.07, 6.45) is 0.523. The van der Waals surface area contributed by atoms with Crippen molar-refractivity contribution in [1.29, 1.82) is 0 Å². The molecular formula is C19H19F3N2O. The number of aromatic nitrogens is 1. The van der Waals surface area contributed by atoms with E-state index in [0.717, 1.165) is 36.1 Å². The van der Waals surface area contributed by atoms with Gasteiger partial charge in [-0.1, -0.05) is 18.2 Å². The van der Waals surface area contributed by atoms with Gasteiger partial charge in [-0.2, -0.15) is 13.2 Å². The molecule has 1 saturated carbocycles. The third-order valence-corrected chi connectivity index (χ3v) is 4.77. The van der Waals surface area contributed by atoms with Crippen LogP contribution < -0.4 is 5.32 Å². The number of benzene rings is 1. The van der Waals surface area contributed by atoms with E-state index in [9.17, 15) is 18.0 Å². The van der Waals surface area contributed by atoms with Crippen LogP contribution in [-0.2, 0) is 11.0 Å². The van der Waals surface area contributed by atoms with Crippen LogP contribution in [0.4, 0.5) is 13.2 Å². The van der Waals surface area contributed by atoms with Gasteiger partial charge in [0.15, 0.2) is 0 Å². The Labute approximate surface area is 144 Å². The van der Waals surface area contributed by atoms with E-state index in [4.69, 9.17) is 0 Å². The topological polar surface area (TPSA) is 42.0 Å². The van der Waals surface area contributed by atoms with Crippen molar-refractivity contribution in [3.05, 3.63) is 65.5 Å². The van der Waals surface area contributed by atoms with Crippen LogP contribution >= 0.6 is 0 Å². The molecule has 0 radical (unpaired) electrons. The Hall–Kier alpha value is -2.37. The van der Waals surface area contributed by atoms with E-state index in [1.54, 1.807) is 18.5 Å². The van der Waals surface area contributed by atoms with Crippen molar-refractivity contribution in [2.24, 2.45) is 0 Å². The van der Waals surface area contributed by atoms with Crippen molar-refractivity contribution in [3.63, 3.8) is 0 Å². The van der Waals surface area contributed by atoms with Gasteiger partial charge in [0.05, 0.1) is 11.5 Å². The summed E-state index contributed by atoms with van der Waals surface area (Å²) in [4.78, 5) is 16.3. The molecule has 1 aliphatic carbocycles. The molecule has 3 rings (SSSR count). The van der Waals surface area contributed by atoms with Gasteiger partial charge < -0.3 is 5.32 Å². The molecule has 6 heteroatoms. The first-order chi connectivity index (χ1) is 11.8. The average Bonchev–Trinajstić information content (AvgIpc) is 2.57. The Bertz CT molecular complexity index is 723. The quantitative estimate of drug-likeness (QED) is 0.897. The molecule has 3 nitrogen and oxygen atoms in total. The highest BCUT2D eigenvalue weighted by molar-refractivity contribution is 5.83. The van der Waals surface area contributed by atoms with Crippen LogP contribution in [0.25, 0.3) is 0 Å². The monoisotopic (exact) mass is 348 g/mol. The van der Waals surface area contributed by atoms with E-state index in [-0.39, 0.29) is 23.8 Å². The molecule has 0 bridgehead atoms. The Morgan fingerprint density at radius 2 is 1.88 bits per heavy atom. The van der Waals surface area contributed by atoms with Gasteiger partial charge in [-0.15, -0.1) is 0 Å². The van der Waals surface area contributed by atoms with Crippen LogP contribution in [0.2, 0.25) is 0 Å². The van der Waals surface area contributed by atoms with Crippen molar-refractivity contribution in [2.45, 2.75) is 43.8 Å². The van der Waals surface area contributed by atoms with Crippen LogP contribution in [0.5, 0.6) is 0 Å². The van der Waals surface area contributed by atoms with Crippen LogP contribution in [-0.4, -0.2) is 16.9 Å². The molecule has 0 aliphatic heterocycles. The number of nitrogens with one attached hydrogen (secondary N) is 1. The molecule has 1 fully saturated rings. The molecule has 1 aromatic carbocycles. The zero-order valence-corrected chi connectivity index (χ0v) is 13.8. The standard InChI is InChI=1S/C19H19F3N2O/c1-12(14-3-2-8-23-11-14)18(25)24-17-9-15(10-17)13-4-6-16(7-5-13)19(20,21)22/h2-8,11-12,15,17H,9-10H2,1H3,(H,24,25)/t12-,15?,17?/m1/s1. The fourth-order valence-electron chi connectivity index (χ4n) is 3.06. The molecule has 1 N–H and O–H groups in total. The maximum Gasteiger partial charge on any atom is 0.416 e. The maximum atomic E-state index is 12.6. The zero-order chi connectivity index (χ0) is 18.0. The molecule has 0 spiro atoms. The molecule has 0 saturated heterocycles. The fourth-order valence-corrected chi connectivity index (χ4v) is 3.06. The average molecular weight is 348 g/mol. The van der Waals surface area contributed by atoms with Gasteiger partial charge >= 0.3 is 6.18 Å². The van der Waals surface area contributed by atoms with Gasteiger partial charge in [-0.3, -0.25) is 9.78 Å². The van der Waals surface area contributed by atoms with Gasteiger partial charge in [-0.05, 0) is 55.0 Å². The van der Waals surface area contributed by atoms with Gasteiger partial charge in [0.1, 0.15) is 0 Å². The summed E-state index contributed by atoms with van der Waals surface area (Å²) in [7, 11) is 0. The molecule has 132 valence electrons. The molecule has 1 aliphatic rings. The van der Waals surface area contributed by atoms with Crippen molar-refractivity contribution in [1.82, 2.24) is 10.3 Å². The normalized spacial score (nSPS) is 21.3. The minimum atomic E-state index is -4.31. The van der Waals surface area contributed by atoms with Crippen LogP contribution in [0, 0.1) is 0 Å². The SMILES string of the molecule is C[C@@H](C(=O)NC1CC(c2ccc(C(F)(F)F)cc2)C1)c1cccnc1. The van der Waals surface area contributed by atoms with Crippen molar-refractivity contribution >= 4 is 5.91 Å². The first kappa shape index (κ1) is 17.5. The Morgan fingerprint density at radius 3 is 2.44 bits per heavy atom.